The molecule has 0 spiro atoms. The summed E-state index contributed by atoms with van der Waals surface area (Å²) in [4.78, 5) is 40.8. The van der Waals surface area contributed by atoms with E-state index in [1.165, 1.54) is 11.3 Å². The standard InChI is InChI=1S/C23H29N3O3S/c1-16(2)15-24-22(28)20(25-21(27)18-7-4-3-5-8-18)17-10-12-26(13-11-17)23(29)19-9-6-14-30-19/h3-9,14,16-17,20H,10-13,15H2,1-2H3,(H,24,28)(H,25,27)/t20-/m1/s1. The fourth-order valence-electron chi connectivity index (χ4n) is 3.62. The predicted molar refractivity (Wildman–Crippen MR) is 118 cm³/mol. The molecule has 0 bridgehead atoms. The first-order valence-corrected chi connectivity index (χ1v) is 11.3. The van der Waals surface area contributed by atoms with E-state index in [1.54, 1.807) is 24.3 Å². The van der Waals surface area contributed by atoms with Gasteiger partial charge in [0.25, 0.3) is 11.8 Å². The Hall–Kier alpha value is -2.67. The summed E-state index contributed by atoms with van der Waals surface area (Å²) in [5.41, 5.74) is 0.532. The van der Waals surface area contributed by atoms with Crippen LogP contribution in [0.5, 0.6) is 0 Å². The number of piperidine rings is 1. The van der Waals surface area contributed by atoms with Crippen LogP contribution in [0.2, 0.25) is 0 Å². The molecule has 3 rings (SSSR count). The van der Waals surface area contributed by atoms with Crippen molar-refractivity contribution in [1.82, 2.24) is 15.5 Å². The molecule has 1 saturated heterocycles. The van der Waals surface area contributed by atoms with Gasteiger partial charge in [0.15, 0.2) is 0 Å². The summed E-state index contributed by atoms with van der Waals surface area (Å²) in [5.74, 6) is -0.0621. The van der Waals surface area contributed by atoms with Crippen molar-refractivity contribution in [3.63, 3.8) is 0 Å². The molecule has 0 saturated carbocycles. The quantitative estimate of drug-likeness (QED) is 0.712. The number of benzene rings is 1. The van der Waals surface area contributed by atoms with Gasteiger partial charge in [-0.05, 0) is 48.3 Å². The monoisotopic (exact) mass is 427 g/mol. The first-order valence-electron chi connectivity index (χ1n) is 10.4. The highest BCUT2D eigenvalue weighted by Crippen LogP contribution is 2.24. The zero-order valence-corrected chi connectivity index (χ0v) is 18.3. The lowest BCUT2D eigenvalue weighted by molar-refractivity contribution is -0.124. The zero-order valence-electron chi connectivity index (χ0n) is 17.5. The predicted octanol–water partition coefficient (Wildman–Crippen LogP) is 3.17. The Kier molecular flexibility index (Phi) is 7.63. The Bertz CT molecular complexity index is 844. The van der Waals surface area contributed by atoms with Crippen molar-refractivity contribution < 1.29 is 14.4 Å². The van der Waals surface area contributed by atoms with Crippen molar-refractivity contribution in [2.45, 2.75) is 32.7 Å². The van der Waals surface area contributed by atoms with Crippen molar-refractivity contribution in [3.05, 3.63) is 58.3 Å². The Labute approximate surface area is 181 Å². The van der Waals surface area contributed by atoms with Crippen LogP contribution in [-0.4, -0.2) is 48.3 Å². The molecule has 2 heterocycles. The van der Waals surface area contributed by atoms with Crippen LogP contribution in [0, 0.1) is 11.8 Å². The van der Waals surface area contributed by atoms with Gasteiger partial charge in [-0.25, -0.2) is 0 Å². The molecular formula is C23H29N3O3S. The van der Waals surface area contributed by atoms with Gasteiger partial charge in [-0.15, -0.1) is 11.3 Å². The van der Waals surface area contributed by atoms with Crippen LogP contribution in [0.1, 0.15) is 46.7 Å². The third-order valence-corrected chi connectivity index (χ3v) is 6.18. The van der Waals surface area contributed by atoms with Crippen LogP contribution in [-0.2, 0) is 4.79 Å². The summed E-state index contributed by atoms with van der Waals surface area (Å²) >= 11 is 1.44. The highest BCUT2D eigenvalue weighted by molar-refractivity contribution is 7.12. The maximum absolute atomic E-state index is 12.9. The number of amides is 3. The van der Waals surface area contributed by atoms with Gasteiger partial charge in [0, 0.05) is 25.2 Å². The molecule has 2 N–H and O–H groups in total. The molecule has 1 atom stereocenters. The molecule has 0 radical (unpaired) electrons. The van der Waals surface area contributed by atoms with Gasteiger partial charge in [0.05, 0.1) is 4.88 Å². The number of carbonyl (C=O) groups is 3. The van der Waals surface area contributed by atoms with E-state index in [0.717, 1.165) is 4.88 Å². The lowest BCUT2D eigenvalue weighted by Crippen LogP contribution is -2.54. The minimum absolute atomic E-state index is 0.0165. The molecule has 2 aromatic rings. The lowest BCUT2D eigenvalue weighted by Gasteiger charge is -2.35. The second-order valence-electron chi connectivity index (χ2n) is 8.06. The van der Waals surface area contributed by atoms with Gasteiger partial charge in [0.1, 0.15) is 6.04 Å². The van der Waals surface area contributed by atoms with Crippen molar-refractivity contribution >= 4 is 29.1 Å². The van der Waals surface area contributed by atoms with Gasteiger partial charge in [-0.1, -0.05) is 38.1 Å². The van der Waals surface area contributed by atoms with Crippen molar-refractivity contribution in [2.75, 3.05) is 19.6 Å². The van der Waals surface area contributed by atoms with Crippen LogP contribution >= 0.6 is 11.3 Å². The smallest absolute Gasteiger partial charge is 0.263 e. The SMILES string of the molecule is CC(C)CNC(=O)[C@H](NC(=O)c1ccccc1)C1CCN(C(=O)c2cccs2)CC1. The fraction of sp³-hybridized carbons (Fsp3) is 0.435. The summed E-state index contributed by atoms with van der Waals surface area (Å²) in [7, 11) is 0. The van der Waals surface area contributed by atoms with Crippen LogP contribution in [0.3, 0.4) is 0 Å². The van der Waals surface area contributed by atoms with E-state index in [0.29, 0.717) is 44.0 Å². The van der Waals surface area contributed by atoms with E-state index in [9.17, 15) is 14.4 Å². The normalized spacial score (nSPS) is 15.6. The number of rotatable bonds is 7. The van der Waals surface area contributed by atoms with E-state index in [2.05, 4.69) is 10.6 Å². The molecule has 0 unspecified atom stereocenters. The topological polar surface area (TPSA) is 78.5 Å². The minimum atomic E-state index is -0.615. The van der Waals surface area contributed by atoms with Gasteiger partial charge in [0.2, 0.25) is 5.91 Å². The van der Waals surface area contributed by atoms with Crippen molar-refractivity contribution in [1.29, 1.82) is 0 Å². The number of nitrogens with one attached hydrogen (secondary N) is 2. The van der Waals surface area contributed by atoms with E-state index in [-0.39, 0.29) is 23.6 Å². The summed E-state index contributed by atoms with van der Waals surface area (Å²) < 4.78 is 0. The van der Waals surface area contributed by atoms with Crippen molar-refractivity contribution in [2.24, 2.45) is 11.8 Å². The average molecular weight is 428 g/mol. The molecule has 160 valence electrons. The van der Waals surface area contributed by atoms with Gasteiger partial charge >= 0.3 is 0 Å². The minimum Gasteiger partial charge on any atom is -0.354 e. The van der Waals surface area contributed by atoms with E-state index in [4.69, 9.17) is 0 Å². The van der Waals surface area contributed by atoms with E-state index < -0.39 is 6.04 Å². The summed E-state index contributed by atoms with van der Waals surface area (Å²) in [6.07, 6.45) is 1.35. The zero-order chi connectivity index (χ0) is 21.5. The van der Waals surface area contributed by atoms with Gasteiger partial charge in [-0.2, -0.15) is 0 Å². The molecule has 30 heavy (non-hydrogen) atoms. The molecule has 3 amide bonds. The molecule has 1 fully saturated rings. The Morgan fingerprint density at radius 1 is 1.07 bits per heavy atom. The Balaban J connectivity index is 1.66. The third kappa shape index (κ3) is 5.69. The number of likely N-dealkylation sites (tertiary alicyclic amines) is 1. The lowest BCUT2D eigenvalue weighted by atomic mass is 9.88. The number of carbonyl (C=O) groups excluding carboxylic acids is 3. The molecule has 6 nitrogen and oxygen atoms in total. The fourth-order valence-corrected chi connectivity index (χ4v) is 4.31. The maximum atomic E-state index is 12.9. The van der Waals surface area contributed by atoms with Crippen LogP contribution in [0.15, 0.2) is 47.8 Å². The maximum Gasteiger partial charge on any atom is 0.263 e. The Morgan fingerprint density at radius 3 is 2.37 bits per heavy atom. The molecule has 1 aliphatic heterocycles. The second-order valence-corrected chi connectivity index (χ2v) is 9.01. The van der Waals surface area contributed by atoms with Crippen molar-refractivity contribution in [3.8, 4) is 0 Å². The number of hydrogen-bond donors (Lipinski definition) is 2. The summed E-state index contributed by atoms with van der Waals surface area (Å²) in [5, 5.41) is 7.80. The van der Waals surface area contributed by atoms with Crippen LogP contribution in [0.4, 0.5) is 0 Å². The summed E-state index contributed by atoms with van der Waals surface area (Å²) in [6.45, 7) is 5.79. The second kappa shape index (κ2) is 10.4. The third-order valence-electron chi connectivity index (χ3n) is 5.32. The molecule has 1 aromatic heterocycles. The first kappa shape index (κ1) is 22.0. The number of nitrogens with zero attached hydrogens (tertiary/aromatic N) is 1. The van der Waals surface area contributed by atoms with Gasteiger partial charge < -0.3 is 15.5 Å². The van der Waals surface area contributed by atoms with E-state index in [1.807, 2.05) is 42.3 Å². The average Bonchev–Trinajstić information content (AvgIpc) is 3.31. The first-order chi connectivity index (χ1) is 14.5. The number of hydrogen-bond acceptors (Lipinski definition) is 4. The largest absolute Gasteiger partial charge is 0.354 e. The highest BCUT2D eigenvalue weighted by atomic mass is 32.1. The van der Waals surface area contributed by atoms with Crippen LogP contribution < -0.4 is 10.6 Å². The molecule has 0 aliphatic carbocycles. The summed E-state index contributed by atoms with van der Waals surface area (Å²) in [6, 6.07) is 12.0. The highest BCUT2D eigenvalue weighted by Gasteiger charge is 2.34. The number of thiophene rings is 1. The van der Waals surface area contributed by atoms with E-state index >= 15 is 0 Å². The molecule has 1 aliphatic rings. The molecule has 7 heteroatoms. The molecular weight excluding hydrogens is 398 g/mol. The molecule has 1 aromatic carbocycles. The Morgan fingerprint density at radius 2 is 1.77 bits per heavy atom. The van der Waals surface area contributed by atoms with Gasteiger partial charge in [-0.3, -0.25) is 14.4 Å². The van der Waals surface area contributed by atoms with Crippen LogP contribution in [0.25, 0.3) is 0 Å².